The predicted octanol–water partition coefficient (Wildman–Crippen LogP) is 1.66. The van der Waals surface area contributed by atoms with Crippen LogP contribution in [0.3, 0.4) is 0 Å². The van der Waals surface area contributed by atoms with Gasteiger partial charge in [-0.3, -0.25) is 0 Å². The standard InChI is InChI=1S/C12H15NO3/c1-13-5-3-4-9-6-10(14-2)12-11(7-9)15-8-16-12/h3-4,6-7,13H,5,8H2,1-2H3. The molecule has 1 aromatic rings. The average Bonchev–Trinajstić information content (AvgIpc) is 2.76. The molecular weight excluding hydrogens is 206 g/mol. The van der Waals surface area contributed by atoms with Crippen molar-refractivity contribution >= 4 is 6.08 Å². The zero-order valence-electron chi connectivity index (χ0n) is 9.45. The zero-order valence-corrected chi connectivity index (χ0v) is 9.45. The quantitative estimate of drug-likeness (QED) is 0.839. The van der Waals surface area contributed by atoms with Gasteiger partial charge in [0.05, 0.1) is 7.11 Å². The van der Waals surface area contributed by atoms with Crippen LogP contribution in [0.5, 0.6) is 17.2 Å². The molecule has 0 spiro atoms. The Morgan fingerprint density at radius 1 is 1.44 bits per heavy atom. The summed E-state index contributed by atoms with van der Waals surface area (Å²) in [6, 6.07) is 3.87. The minimum Gasteiger partial charge on any atom is -0.493 e. The summed E-state index contributed by atoms with van der Waals surface area (Å²) in [6.45, 7) is 1.09. The third-order valence-corrected chi connectivity index (χ3v) is 2.31. The van der Waals surface area contributed by atoms with Crippen molar-refractivity contribution in [2.45, 2.75) is 0 Å². The lowest BCUT2D eigenvalue weighted by Gasteiger charge is -2.05. The van der Waals surface area contributed by atoms with Crippen LogP contribution in [0.2, 0.25) is 0 Å². The lowest BCUT2D eigenvalue weighted by molar-refractivity contribution is 0.171. The zero-order chi connectivity index (χ0) is 11.4. The SMILES string of the molecule is CNCC=Cc1cc(OC)c2c(c1)OCO2. The Balaban J connectivity index is 2.27. The molecule has 0 atom stereocenters. The molecule has 2 rings (SSSR count). The first-order chi connectivity index (χ1) is 7.85. The Bertz CT molecular complexity index is 401. The molecule has 0 unspecified atom stereocenters. The van der Waals surface area contributed by atoms with E-state index < -0.39 is 0 Å². The maximum atomic E-state index is 5.34. The van der Waals surface area contributed by atoms with Gasteiger partial charge in [-0.05, 0) is 24.7 Å². The van der Waals surface area contributed by atoms with Crippen molar-refractivity contribution in [3.63, 3.8) is 0 Å². The summed E-state index contributed by atoms with van der Waals surface area (Å²) in [5, 5.41) is 3.04. The Kier molecular flexibility index (Phi) is 3.31. The monoisotopic (exact) mass is 221 g/mol. The summed E-state index contributed by atoms with van der Waals surface area (Å²) >= 11 is 0. The molecule has 0 bridgehead atoms. The molecular formula is C12H15NO3. The lowest BCUT2D eigenvalue weighted by atomic mass is 10.1. The van der Waals surface area contributed by atoms with E-state index in [0.717, 1.165) is 17.9 Å². The number of methoxy groups -OCH3 is 1. The van der Waals surface area contributed by atoms with E-state index in [1.54, 1.807) is 7.11 Å². The molecule has 0 amide bonds. The van der Waals surface area contributed by atoms with Gasteiger partial charge in [-0.2, -0.15) is 0 Å². The fourth-order valence-electron chi connectivity index (χ4n) is 1.56. The summed E-state index contributed by atoms with van der Waals surface area (Å²) in [5.74, 6) is 2.14. The van der Waals surface area contributed by atoms with Crippen molar-refractivity contribution in [2.24, 2.45) is 0 Å². The van der Waals surface area contributed by atoms with Gasteiger partial charge in [0.25, 0.3) is 0 Å². The lowest BCUT2D eigenvalue weighted by Crippen LogP contribution is -2.03. The van der Waals surface area contributed by atoms with Crippen molar-refractivity contribution in [1.29, 1.82) is 0 Å². The number of ether oxygens (including phenoxy) is 3. The maximum absolute atomic E-state index is 5.34. The van der Waals surface area contributed by atoms with Crippen molar-refractivity contribution < 1.29 is 14.2 Å². The van der Waals surface area contributed by atoms with Gasteiger partial charge >= 0.3 is 0 Å². The first-order valence-electron chi connectivity index (χ1n) is 5.14. The molecule has 1 aliphatic heterocycles. The summed E-state index contributed by atoms with van der Waals surface area (Å²) < 4.78 is 15.9. The van der Waals surface area contributed by atoms with E-state index in [2.05, 4.69) is 5.32 Å². The Labute approximate surface area is 94.8 Å². The smallest absolute Gasteiger partial charge is 0.231 e. The van der Waals surface area contributed by atoms with Crippen LogP contribution in [0.25, 0.3) is 6.08 Å². The third-order valence-electron chi connectivity index (χ3n) is 2.31. The highest BCUT2D eigenvalue weighted by Crippen LogP contribution is 2.41. The largest absolute Gasteiger partial charge is 0.493 e. The van der Waals surface area contributed by atoms with Crippen LogP contribution in [0.4, 0.5) is 0 Å². The number of fused-ring (bicyclic) bond motifs is 1. The molecule has 4 heteroatoms. The second kappa shape index (κ2) is 4.90. The Morgan fingerprint density at radius 2 is 2.31 bits per heavy atom. The highest BCUT2D eigenvalue weighted by molar-refractivity contribution is 5.62. The molecule has 1 N–H and O–H groups in total. The second-order valence-corrected chi connectivity index (χ2v) is 3.42. The molecule has 1 heterocycles. The molecule has 0 aliphatic carbocycles. The molecule has 16 heavy (non-hydrogen) atoms. The Morgan fingerprint density at radius 3 is 3.06 bits per heavy atom. The van der Waals surface area contributed by atoms with E-state index >= 15 is 0 Å². The van der Waals surface area contributed by atoms with Gasteiger partial charge in [0, 0.05) is 6.54 Å². The van der Waals surface area contributed by atoms with E-state index in [9.17, 15) is 0 Å². The van der Waals surface area contributed by atoms with Gasteiger partial charge in [-0.25, -0.2) is 0 Å². The van der Waals surface area contributed by atoms with Gasteiger partial charge in [0.15, 0.2) is 11.5 Å². The summed E-state index contributed by atoms with van der Waals surface area (Å²) in [4.78, 5) is 0. The van der Waals surface area contributed by atoms with Gasteiger partial charge in [-0.15, -0.1) is 0 Å². The molecule has 1 aromatic carbocycles. The van der Waals surface area contributed by atoms with Crippen LogP contribution in [-0.2, 0) is 0 Å². The molecule has 0 fully saturated rings. The number of rotatable bonds is 4. The van der Waals surface area contributed by atoms with Gasteiger partial charge in [0.1, 0.15) is 0 Å². The van der Waals surface area contributed by atoms with Crippen molar-refractivity contribution in [3.05, 3.63) is 23.8 Å². The summed E-state index contributed by atoms with van der Waals surface area (Å²) in [7, 11) is 3.53. The number of nitrogens with one attached hydrogen (secondary N) is 1. The van der Waals surface area contributed by atoms with E-state index in [1.807, 2.05) is 31.3 Å². The van der Waals surface area contributed by atoms with Crippen LogP contribution < -0.4 is 19.5 Å². The highest BCUT2D eigenvalue weighted by atomic mass is 16.7. The molecule has 0 saturated heterocycles. The fourth-order valence-corrected chi connectivity index (χ4v) is 1.56. The van der Waals surface area contributed by atoms with Gasteiger partial charge in [-0.1, -0.05) is 12.2 Å². The molecule has 0 aromatic heterocycles. The number of benzene rings is 1. The van der Waals surface area contributed by atoms with Gasteiger partial charge in [0.2, 0.25) is 12.5 Å². The van der Waals surface area contributed by atoms with Gasteiger partial charge < -0.3 is 19.5 Å². The minimum absolute atomic E-state index is 0.259. The average molecular weight is 221 g/mol. The normalized spacial score (nSPS) is 13.4. The van der Waals surface area contributed by atoms with Crippen molar-refractivity contribution in [1.82, 2.24) is 5.32 Å². The summed E-state index contributed by atoms with van der Waals surface area (Å²) in [5.41, 5.74) is 1.04. The first kappa shape index (κ1) is 10.8. The Hall–Kier alpha value is -1.68. The van der Waals surface area contributed by atoms with Crippen LogP contribution >= 0.6 is 0 Å². The maximum Gasteiger partial charge on any atom is 0.231 e. The first-order valence-corrected chi connectivity index (χ1v) is 5.14. The van der Waals surface area contributed by atoms with E-state index in [-0.39, 0.29) is 6.79 Å². The van der Waals surface area contributed by atoms with E-state index in [1.165, 1.54) is 0 Å². The van der Waals surface area contributed by atoms with E-state index in [4.69, 9.17) is 14.2 Å². The molecule has 1 aliphatic rings. The van der Waals surface area contributed by atoms with Crippen LogP contribution in [0.1, 0.15) is 5.56 Å². The highest BCUT2D eigenvalue weighted by Gasteiger charge is 2.19. The van der Waals surface area contributed by atoms with Crippen molar-refractivity contribution in [3.8, 4) is 17.2 Å². The third kappa shape index (κ3) is 2.12. The van der Waals surface area contributed by atoms with Crippen LogP contribution in [0, 0.1) is 0 Å². The van der Waals surface area contributed by atoms with Crippen molar-refractivity contribution in [2.75, 3.05) is 27.5 Å². The van der Waals surface area contributed by atoms with E-state index in [0.29, 0.717) is 11.5 Å². The topological polar surface area (TPSA) is 39.7 Å². The molecule has 0 saturated carbocycles. The number of likely N-dealkylation sites (N-methyl/N-ethyl adjacent to an activating group) is 1. The number of hydrogen-bond donors (Lipinski definition) is 1. The number of hydrogen-bond acceptors (Lipinski definition) is 4. The van der Waals surface area contributed by atoms with Crippen LogP contribution in [-0.4, -0.2) is 27.5 Å². The molecule has 86 valence electrons. The second-order valence-electron chi connectivity index (χ2n) is 3.42. The predicted molar refractivity (Wildman–Crippen MR) is 62.1 cm³/mol. The minimum atomic E-state index is 0.259. The fraction of sp³-hybridized carbons (Fsp3) is 0.333. The summed E-state index contributed by atoms with van der Waals surface area (Å²) in [6.07, 6.45) is 4.05. The van der Waals surface area contributed by atoms with Crippen LogP contribution in [0.15, 0.2) is 18.2 Å². The molecule has 4 nitrogen and oxygen atoms in total. The molecule has 0 radical (unpaired) electrons.